The Morgan fingerprint density at radius 3 is 2.19 bits per heavy atom. The van der Waals surface area contributed by atoms with E-state index in [-0.39, 0.29) is 10.8 Å². The first-order chi connectivity index (χ1) is 15.4. The summed E-state index contributed by atoms with van der Waals surface area (Å²) in [6, 6.07) is 23.0. The minimum Gasteiger partial charge on any atom is -0.497 e. The Morgan fingerprint density at radius 2 is 1.56 bits per heavy atom. The third kappa shape index (κ3) is 4.26. The van der Waals surface area contributed by atoms with Gasteiger partial charge < -0.3 is 9.64 Å². The lowest BCUT2D eigenvalue weighted by Gasteiger charge is -2.43. The molecule has 7 heteroatoms. The number of aryl methyl sites for hydroxylation is 1. The fourth-order valence-electron chi connectivity index (χ4n) is 3.98. The van der Waals surface area contributed by atoms with E-state index in [4.69, 9.17) is 4.74 Å². The van der Waals surface area contributed by atoms with Crippen LogP contribution in [0.25, 0.3) is 0 Å². The molecule has 0 N–H and O–H groups in total. The highest BCUT2D eigenvalue weighted by molar-refractivity contribution is 7.89. The van der Waals surface area contributed by atoms with Gasteiger partial charge in [-0.25, -0.2) is 8.42 Å². The molecule has 4 rings (SSSR count). The van der Waals surface area contributed by atoms with Gasteiger partial charge in [-0.2, -0.15) is 4.31 Å². The van der Waals surface area contributed by atoms with Gasteiger partial charge in [-0.3, -0.25) is 4.79 Å². The molecular formula is C25H26N2O4S. The summed E-state index contributed by atoms with van der Waals surface area (Å²) >= 11 is 0. The van der Waals surface area contributed by atoms with E-state index in [1.807, 2.05) is 25.1 Å². The molecule has 32 heavy (non-hydrogen) atoms. The van der Waals surface area contributed by atoms with Gasteiger partial charge in [-0.15, -0.1) is 0 Å². The summed E-state index contributed by atoms with van der Waals surface area (Å²) in [5, 5.41) is 0. The largest absolute Gasteiger partial charge is 0.497 e. The minimum atomic E-state index is -3.83. The quantitative estimate of drug-likeness (QED) is 0.583. The Morgan fingerprint density at radius 1 is 0.906 bits per heavy atom. The molecule has 0 saturated carbocycles. The van der Waals surface area contributed by atoms with Crippen LogP contribution in [0.3, 0.4) is 0 Å². The van der Waals surface area contributed by atoms with E-state index in [0.717, 1.165) is 5.56 Å². The van der Waals surface area contributed by atoms with E-state index in [9.17, 15) is 13.2 Å². The van der Waals surface area contributed by atoms with Gasteiger partial charge in [0.05, 0.1) is 12.0 Å². The summed E-state index contributed by atoms with van der Waals surface area (Å²) in [6.07, 6.45) is -0.204. The van der Waals surface area contributed by atoms with Crippen molar-refractivity contribution in [3.63, 3.8) is 0 Å². The molecule has 166 valence electrons. The number of rotatable bonds is 5. The molecule has 3 aromatic carbocycles. The molecule has 1 atom stereocenters. The Labute approximate surface area is 189 Å². The molecule has 0 unspecified atom stereocenters. The van der Waals surface area contributed by atoms with Crippen molar-refractivity contribution in [2.24, 2.45) is 0 Å². The highest BCUT2D eigenvalue weighted by Crippen LogP contribution is 2.35. The summed E-state index contributed by atoms with van der Waals surface area (Å²) in [5.74, 6) is 0.466. The molecule has 1 saturated heterocycles. The average molecular weight is 451 g/mol. The highest BCUT2D eigenvalue weighted by Gasteiger charge is 2.41. The van der Waals surface area contributed by atoms with Gasteiger partial charge in [-0.1, -0.05) is 48.0 Å². The van der Waals surface area contributed by atoms with Gasteiger partial charge in [0.25, 0.3) is 5.91 Å². The van der Waals surface area contributed by atoms with Crippen molar-refractivity contribution in [1.29, 1.82) is 0 Å². The molecule has 1 heterocycles. The van der Waals surface area contributed by atoms with E-state index in [1.54, 1.807) is 72.7 Å². The van der Waals surface area contributed by atoms with Crippen LogP contribution in [0.5, 0.6) is 5.75 Å². The topological polar surface area (TPSA) is 66.9 Å². The summed E-state index contributed by atoms with van der Waals surface area (Å²) in [7, 11) is -2.25. The van der Waals surface area contributed by atoms with Crippen LogP contribution in [0.4, 0.5) is 0 Å². The Kier molecular flexibility index (Phi) is 6.30. The molecule has 1 aliphatic heterocycles. The van der Waals surface area contributed by atoms with Crippen LogP contribution in [0.1, 0.15) is 34.1 Å². The first-order valence-corrected chi connectivity index (χ1v) is 11.9. The zero-order chi connectivity index (χ0) is 22.7. The highest BCUT2D eigenvalue weighted by atomic mass is 32.2. The normalized spacial score (nSPS) is 17.2. The smallest absolute Gasteiger partial charge is 0.255 e. The maximum Gasteiger partial charge on any atom is 0.255 e. The van der Waals surface area contributed by atoms with Crippen LogP contribution >= 0.6 is 0 Å². The Bertz CT molecular complexity index is 1180. The Hall–Kier alpha value is -3.16. The standard InChI is InChI=1S/C25H26N2O4S/c1-19-9-15-23(16-10-19)32(29,30)27-18-6-17-26(25(28)21-7-4-3-5-8-21)24(27)20-11-13-22(31-2)14-12-20/h3-5,7-16,24H,6,17-18H2,1-2H3/t24-/m0/s1. The number of ether oxygens (including phenoxy) is 1. The van der Waals surface area contributed by atoms with Crippen molar-refractivity contribution in [3.05, 3.63) is 95.6 Å². The van der Waals surface area contributed by atoms with Crippen molar-refractivity contribution in [1.82, 2.24) is 9.21 Å². The van der Waals surface area contributed by atoms with Crippen molar-refractivity contribution >= 4 is 15.9 Å². The van der Waals surface area contributed by atoms with Crippen LogP contribution in [0, 0.1) is 6.92 Å². The zero-order valence-corrected chi connectivity index (χ0v) is 19.0. The lowest BCUT2D eigenvalue weighted by Crippen LogP contribution is -2.52. The van der Waals surface area contributed by atoms with Crippen LogP contribution < -0.4 is 4.74 Å². The molecular weight excluding hydrogens is 424 g/mol. The minimum absolute atomic E-state index is 0.199. The number of carbonyl (C=O) groups is 1. The predicted molar refractivity (Wildman–Crippen MR) is 123 cm³/mol. The molecule has 0 bridgehead atoms. The van der Waals surface area contributed by atoms with E-state index < -0.39 is 16.2 Å². The zero-order valence-electron chi connectivity index (χ0n) is 18.1. The van der Waals surface area contributed by atoms with Crippen molar-refractivity contribution < 1.29 is 17.9 Å². The summed E-state index contributed by atoms with van der Waals surface area (Å²) in [6.45, 7) is 2.70. The summed E-state index contributed by atoms with van der Waals surface area (Å²) in [5.41, 5.74) is 2.22. The fraction of sp³-hybridized carbons (Fsp3) is 0.240. The second-order valence-corrected chi connectivity index (χ2v) is 9.68. The number of nitrogens with zero attached hydrogens (tertiary/aromatic N) is 2. The fourth-order valence-corrected chi connectivity index (χ4v) is 5.59. The van der Waals surface area contributed by atoms with Crippen LogP contribution in [0.2, 0.25) is 0 Å². The molecule has 3 aromatic rings. The number of carbonyl (C=O) groups excluding carboxylic acids is 1. The van der Waals surface area contributed by atoms with Gasteiger partial charge in [0.2, 0.25) is 10.0 Å². The monoisotopic (exact) mass is 450 g/mol. The van der Waals surface area contributed by atoms with Crippen molar-refractivity contribution in [2.75, 3.05) is 20.2 Å². The van der Waals surface area contributed by atoms with Gasteiger partial charge in [0.1, 0.15) is 11.9 Å². The van der Waals surface area contributed by atoms with Gasteiger partial charge in [0, 0.05) is 18.7 Å². The molecule has 1 aliphatic rings. The third-order valence-corrected chi connectivity index (χ3v) is 7.54. The van der Waals surface area contributed by atoms with E-state index in [0.29, 0.717) is 36.4 Å². The number of benzene rings is 3. The first kappa shape index (κ1) is 22.0. The lowest BCUT2D eigenvalue weighted by molar-refractivity contribution is 0.0378. The van der Waals surface area contributed by atoms with E-state index in [2.05, 4.69) is 0 Å². The summed E-state index contributed by atoms with van der Waals surface area (Å²) in [4.78, 5) is 15.3. The first-order valence-electron chi connectivity index (χ1n) is 10.5. The van der Waals surface area contributed by atoms with Crippen molar-refractivity contribution in [2.45, 2.75) is 24.4 Å². The number of sulfonamides is 1. The number of methoxy groups -OCH3 is 1. The predicted octanol–water partition coefficient (Wildman–Crippen LogP) is 4.24. The Balaban J connectivity index is 1.80. The number of amides is 1. The molecule has 0 spiro atoms. The van der Waals surface area contributed by atoms with Gasteiger partial charge in [0.15, 0.2) is 0 Å². The SMILES string of the molecule is COc1ccc([C@H]2N(C(=O)c3ccccc3)CCCN2S(=O)(=O)c2ccc(C)cc2)cc1. The number of hydrogen-bond acceptors (Lipinski definition) is 4. The molecule has 0 aromatic heterocycles. The van der Waals surface area contributed by atoms with Gasteiger partial charge >= 0.3 is 0 Å². The third-order valence-electron chi connectivity index (χ3n) is 5.67. The lowest BCUT2D eigenvalue weighted by atomic mass is 10.1. The van der Waals surface area contributed by atoms with Crippen LogP contribution in [0.15, 0.2) is 83.8 Å². The molecule has 0 radical (unpaired) electrons. The summed E-state index contributed by atoms with van der Waals surface area (Å²) < 4.78 is 34.0. The average Bonchev–Trinajstić information content (AvgIpc) is 2.84. The van der Waals surface area contributed by atoms with Crippen LogP contribution in [-0.4, -0.2) is 43.7 Å². The second kappa shape index (κ2) is 9.14. The molecule has 1 amide bonds. The van der Waals surface area contributed by atoms with Gasteiger partial charge in [-0.05, 0) is 55.3 Å². The molecule has 6 nitrogen and oxygen atoms in total. The maximum atomic E-state index is 13.7. The second-order valence-electron chi connectivity index (χ2n) is 7.79. The van der Waals surface area contributed by atoms with E-state index >= 15 is 0 Å². The van der Waals surface area contributed by atoms with Crippen LogP contribution in [-0.2, 0) is 10.0 Å². The van der Waals surface area contributed by atoms with Crippen molar-refractivity contribution in [3.8, 4) is 5.75 Å². The maximum absolute atomic E-state index is 13.7. The molecule has 0 aliphatic carbocycles. The molecule has 1 fully saturated rings. The number of hydrogen-bond donors (Lipinski definition) is 0. The van der Waals surface area contributed by atoms with E-state index in [1.165, 1.54) is 4.31 Å².